The van der Waals surface area contributed by atoms with Crippen LogP contribution in [-0.4, -0.2) is 37.1 Å². The Balaban J connectivity index is 2.03. The maximum absolute atomic E-state index is 12.0. The van der Waals surface area contributed by atoms with Gasteiger partial charge < -0.3 is 5.73 Å². The predicted octanol–water partition coefficient (Wildman–Crippen LogP) is 0.538. The SMILES string of the molecule is CCC(N)CS(=O)(=O)N1CC2CCC1C2. The molecule has 1 saturated heterocycles. The summed E-state index contributed by atoms with van der Waals surface area (Å²) in [5.41, 5.74) is 5.72. The zero-order valence-electron chi connectivity index (χ0n) is 9.22. The number of fused-ring (bicyclic) bond motifs is 2. The zero-order chi connectivity index (χ0) is 11.1. The quantitative estimate of drug-likeness (QED) is 0.769. The van der Waals surface area contributed by atoms with Gasteiger partial charge in [-0.1, -0.05) is 6.92 Å². The minimum absolute atomic E-state index is 0.118. The molecular formula is C10H20N2O2S. The van der Waals surface area contributed by atoms with E-state index in [1.165, 1.54) is 6.42 Å². The molecule has 4 nitrogen and oxygen atoms in total. The summed E-state index contributed by atoms with van der Waals surface area (Å²) in [5.74, 6) is 0.731. The van der Waals surface area contributed by atoms with Gasteiger partial charge in [-0.15, -0.1) is 0 Å². The molecule has 0 radical (unpaired) electrons. The second-order valence-electron chi connectivity index (χ2n) is 4.85. The van der Waals surface area contributed by atoms with E-state index in [4.69, 9.17) is 5.73 Å². The van der Waals surface area contributed by atoms with Gasteiger partial charge in [-0.05, 0) is 31.6 Å². The molecule has 3 unspecified atom stereocenters. The summed E-state index contributed by atoms with van der Waals surface area (Å²) in [5, 5.41) is 0. The van der Waals surface area contributed by atoms with Crippen molar-refractivity contribution in [1.29, 1.82) is 0 Å². The molecule has 1 heterocycles. The molecule has 1 aliphatic carbocycles. The third-order valence-corrected chi connectivity index (χ3v) is 5.68. The van der Waals surface area contributed by atoms with Gasteiger partial charge in [-0.25, -0.2) is 8.42 Å². The van der Waals surface area contributed by atoms with Gasteiger partial charge >= 0.3 is 0 Å². The number of nitrogens with two attached hydrogens (primary N) is 1. The van der Waals surface area contributed by atoms with Crippen molar-refractivity contribution < 1.29 is 8.42 Å². The summed E-state index contributed by atoms with van der Waals surface area (Å²) >= 11 is 0. The molecule has 1 aliphatic heterocycles. The van der Waals surface area contributed by atoms with Crippen molar-refractivity contribution in [3.8, 4) is 0 Å². The van der Waals surface area contributed by atoms with E-state index in [0.717, 1.165) is 25.8 Å². The van der Waals surface area contributed by atoms with Crippen LogP contribution >= 0.6 is 0 Å². The van der Waals surface area contributed by atoms with Crippen LogP contribution in [0, 0.1) is 5.92 Å². The van der Waals surface area contributed by atoms with Crippen molar-refractivity contribution in [2.45, 2.75) is 44.7 Å². The van der Waals surface area contributed by atoms with Crippen LogP contribution in [0.5, 0.6) is 0 Å². The van der Waals surface area contributed by atoms with E-state index in [-0.39, 0.29) is 17.8 Å². The number of hydrogen-bond donors (Lipinski definition) is 1. The average Bonchev–Trinajstić information content (AvgIpc) is 2.77. The van der Waals surface area contributed by atoms with Crippen LogP contribution in [0.3, 0.4) is 0 Å². The van der Waals surface area contributed by atoms with E-state index in [2.05, 4.69) is 0 Å². The van der Waals surface area contributed by atoms with Gasteiger partial charge in [0.2, 0.25) is 10.0 Å². The maximum Gasteiger partial charge on any atom is 0.215 e. The topological polar surface area (TPSA) is 63.4 Å². The molecule has 2 aliphatic rings. The van der Waals surface area contributed by atoms with E-state index in [1.807, 2.05) is 6.92 Å². The van der Waals surface area contributed by atoms with Crippen LogP contribution in [0.2, 0.25) is 0 Å². The summed E-state index contributed by atoms with van der Waals surface area (Å²) in [6.45, 7) is 2.67. The molecule has 0 aromatic heterocycles. The Kier molecular flexibility index (Phi) is 3.05. The Hall–Kier alpha value is -0.130. The zero-order valence-corrected chi connectivity index (χ0v) is 10.0. The van der Waals surface area contributed by atoms with E-state index >= 15 is 0 Å². The van der Waals surface area contributed by atoms with Gasteiger partial charge in [-0.2, -0.15) is 4.31 Å². The van der Waals surface area contributed by atoms with Gasteiger partial charge in [0.25, 0.3) is 0 Å². The number of hydrogen-bond acceptors (Lipinski definition) is 3. The highest BCUT2D eigenvalue weighted by molar-refractivity contribution is 7.89. The fourth-order valence-electron chi connectivity index (χ4n) is 2.70. The van der Waals surface area contributed by atoms with Gasteiger partial charge in [0.15, 0.2) is 0 Å². The molecule has 15 heavy (non-hydrogen) atoms. The Morgan fingerprint density at radius 1 is 1.47 bits per heavy atom. The van der Waals surface area contributed by atoms with Crippen molar-refractivity contribution in [2.75, 3.05) is 12.3 Å². The standard InChI is InChI=1S/C10H20N2O2S/c1-2-9(11)7-15(13,14)12-6-8-3-4-10(12)5-8/h8-10H,2-7,11H2,1H3. The van der Waals surface area contributed by atoms with Crippen molar-refractivity contribution in [2.24, 2.45) is 11.7 Å². The van der Waals surface area contributed by atoms with Gasteiger partial charge in [0, 0.05) is 18.6 Å². The van der Waals surface area contributed by atoms with Crippen molar-refractivity contribution >= 4 is 10.0 Å². The van der Waals surface area contributed by atoms with Crippen molar-refractivity contribution in [3.63, 3.8) is 0 Å². The lowest BCUT2D eigenvalue weighted by atomic mass is 10.1. The molecule has 0 spiro atoms. The Labute approximate surface area is 91.9 Å². The Morgan fingerprint density at radius 2 is 2.20 bits per heavy atom. The summed E-state index contributed by atoms with van der Waals surface area (Å²) in [6.07, 6.45) is 4.05. The maximum atomic E-state index is 12.0. The molecule has 3 atom stereocenters. The Morgan fingerprint density at radius 3 is 2.67 bits per heavy atom. The minimum atomic E-state index is -3.09. The van der Waals surface area contributed by atoms with Crippen LogP contribution in [-0.2, 0) is 10.0 Å². The van der Waals surface area contributed by atoms with E-state index in [0.29, 0.717) is 5.92 Å². The molecule has 1 saturated carbocycles. The third kappa shape index (κ3) is 2.19. The first-order valence-electron chi connectivity index (χ1n) is 5.78. The van der Waals surface area contributed by atoms with E-state index < -0.39 is 10.0 Å². The highest BCUT2D eigenvalue weighted by atomic mass is 32.2. The fourth-order valence-corrected chi connectivity index (χ4v) is 4.76. The van der Waals surface area contributed by atoms with Gasteiger partial charge in [0.1, 0.15) is 0 Å². The molecule has 2 N–H and O–H groups in total. The molecule has 0 aromatic rings. The monoisotopic (exact) mass is 232 g/mol. The highest BCUT2D eigenvalue weighted by Crippen LogP contribution is 2.39. The third-order valence-electron chi connectivity index (χ3n) is 3.67. The summed E-state index contributed by atoms with van der Waals surface area (Å²) in [4.78, 5) is 0. The lowest BCUT2D eigenvalue weighted by Gasteiger charge is -2.27. The van der Waals surface area contributed by atoms with Crippen LogP contribution in [0.15, 0.2) is 0 Å². The van der Waals surface area contributed by atoms with Crippen LogP contribution in [0.25, 0.3) is 0 Å². The molecule has 2 rings (SSSR count). The van der Waals surface area contributed by atoms with Gasteiger partial charge in [-0.3, -0.25) is 0 Å². The van der Waals surface area contributed by atoms with E-state index in [1.54, 1.807) is 4.31 Å². The largest absolute Gasteiger partial charge is 0.327 e. The molecule has 2 bridgehead atoms. The molecular weight excluding hydrogens is 212 g/mol. The van der Waals surface area contributed by atoms with E-state index in [9.17, 15) is 8.42 Å². The molecule has 2 fully saturated rings. The molecule has 88 valence electrons. The molecule has 5 heteroatoms. The fraction of sp³-hybridized carbons (Fsp3) is 1.00. The lowest BCUT2D eigenvalue weighted by molar-refractivity contribution is 0.332. The molecule has 0 aromatic carbocycles. The van der Waals surface area contributed by atoms with Crippen molar-refractivity contribution in [1.82, 2.24) is 4.31 Å². The molecule has 0 amide bonds. The second kappa shape index (κ2) is 4.03. The minimum Gasteiger partial charge on any atom is -0.327 e. The summed E-state index contributed by atoms with van der Waals surface area (Å²) in [7, 11) is -3.09. The second-order valence-corrected chi connectivity index (χ2v) is 6.82. The van der Waals surface area contributed by atoms with Gasteiger partial charge in [0.05, 0.1) is 5.75 Å². The Bertz CT molecular complexity index is 328. The van der Waals surface area contributed by atoms with Crippen molar-refractivity contribution in [3.05, 3.63) is 0 Å². The first-order chi connectivity index (χ1) is 7.03. The number of nitrogens with zero attached hydrogens (tertiary/aromatic N) is 1. The first-order valence-corrected chi connectivity index (χ1v) is 7.39. The highest BCUT2D eigenvalue weighted by Gasteiger charge is 2.43. The normalized spacial score (nSPS) is 33.5. The van der Waals surface area contributed by atoms with Crippen LogP contribution in [0.4, 0.5) is 0 Å². The summed E-state index contributed by atoms with van der Waals surface area (Å²) < 4.78 is 25.8. The number of piperidine rings is 1. The first kappa shape index (κ1) is 11.4. The number of sulfonamides is 1. The smallest absolute Gasteiger partial charge is 0.215 e. The summed E-state index contributed by atoms with van der Waals surface area (Å²) in [6, 6.07) is 0.0678. The van der Waals surface area contributed by atoms with Crippen LogP contribution in [0.1, 0.15) is 32.6 Å². The predicted molar refractivity (Wildman–Crippen MR) is 59.9 cm³/mol. The number of rotatable bonds is 4. The average molecular weight is 232 g/mol. The lowest BCUT2D eigenvalue weighted by Crippen LogP contribution is -2.43. The van der Waals surface area contributed by atoms with Crippen LogP contribution < -0.4 is 5.73 Å².